The molecule has 0 aliphatic carbocycles. The Morgan fingerprint density at radius 1 is 1.20 bits per heavy atom. The fraction of sp³-hybridized carbons (Fsp3) is 0.118. The molecular formula is C17H16FN3O4. The molecule has 0 spiro atoms. The van der Waals surface area contributed by atoms with Crippen LogP contribution in [0.3, 0.4) is 0 Å². The van der Waals surface area contributed by atoms with Crippen LogP contribution >= 0.6 is 0 Å². The van der Waals surface area contributed by atoms with Crippen LogP contribution in [0.5, 0.6) is 11.5 Å². The standard InChI is InChI=1S/C17H16FN3O4/c1-25-14-8-4-5-11(17(14)24)10-19-21-16(23)9-15(22)20-13-7-3-2-6-12(13)18/h2-8,10,24H,9H2,1H3,(H,20,22)(H,21,23). The van der Waals surface area contributed by atoms with E-state index in [0.717, 1.165) is 0 Å². The number of hydrogen-bond acceptors (Lipinski definition) is 5. The van der Waals surface area contributed by atoms with Gasteiger partial charge < -0.3 is 15.2 Å². The molecule has 7 nitrogen and oxygen atoms in total. The summed E-state index contributed by atoms with van der Waals surface area (Å²) in [6, 6.07) is 10.4. The number of carbonyl (C=O) groups excluding carboxylic acids is 2. The molecule has 0 radical (unpaired) electrons. The van der Waals surface area contributed by atoms with Crippen molar-refractivity contribution in [3.8, 4) is 11.5 Å². The van der Waals surface area contributed by atoms with E-state index in [9.17, 15) is 19.1 Å². The second-order valence-electron chi connectivity index (χ2n) is 4.90. The lowest BCUT2D eigenvalue weighted by Gasteiger charge is -2.06. The van der Waals surface area contributed by atoms with Gasteiger partial charge in [0, 0.05) is 5.56 Å². The van der Waals surface area contributed by atoms with E-state index in [0.29, 0.717) is 5.56 Å². The first-order chi connectivity index (χ1) is 12.0. The number of hydrogen-bond donors (Lipinski definition) is 3. The van der Waals surface area contributed by atoms with Gasteiger partial charge in [0.05, 0.1) is 19.0 Å². The molecule has 0 bridgehead atoms. The second-order valence-corrected chi connectivity index (χ2v) is 4.90. The molecule has 0 atom stereocenters. The predicted molar refractivity (Wildman–Crippen MR) is 90.0 cm³/mol. The van der Waals surface area contributed by atoms with E-state index in [4.69, 9.17) is 4.74 Å². The van der Waals surface area contributed by atoms with Crippen molar-refractivity contribution in [3.63, 3.8) is 0 Å². The van der Waals surface area contributed by atoms with Gasteiger partial charge >= 0.3 is 0 Å². The van der Waals surface area contributed by atoms with Crippen molar-refractivity contribution in [3.05, 3.63) is 53.8 Å². The zero-order chi connectivity index (χ0) is 18.2. The summed E-state index contributed by atoms with van der Waals surface area (Å²) in [6.45, 7) is 0. The lowest BCUT2D eigenvalue weighted by Crippen LogP contribution is -2.24. The summed E-state index contributed by atoms with van der Waals surface area (Å²) >= 11 is 0. The van der Waals surface area contributed by atoms with Gasteiger partial charge in [-0.3, -0.25) is 9.59 Å². The van der Waals surface area contributed by atoms with Crippen LogP contribution in [0.2, 0.25) is 0 Å². The molecule has 3 N–H and O–H groups in total. The van der Waals surface area contributed by atoms with Crippen LogP contribution in [0.25, 0.3) is 0 Å². The van der Waals surface area contributed by atoms with Gasteiger partial charge in [0.2, 0.25) is 11.8 Å². The number of hydrazone groups is 1. The number of halogens is 1. The molecule has 0 aliphatic rings. The normalized spacial score (nSPS) is 10.5. The first-order valence-electron chi connectivity index (χ1n) is 7.23. The molecule has 0 fully saturated rings. The van der Waals surface area contributed by atoms with E-state index >= 15 is 0 Å². The Kier molecular flexibility index (Phi) is 6.05. The third-order valence-electron chi connectivity index (χ3n) is 3.11. The number of rotatable bonds is 6. The molecule has 0 aromatic heterocycles. The fourth-order valence-electron chi connectivity index (χ4n) is 1.92. The number of methoxy groups -OCH3 is 1. The fourth-order valence-corrected chi connectivity index (χ4v) is 1.92. The Morgan fingerprint density at radius 2 is 1.96 bits per heavy atom. The molecule has 0 unspecified atom stereocenters. The number of nitrogens with one attached hydrogen (secondary N) is 2. The minimum absolute atomic E-state index is 0.00916. The molecule has 2 amide bonds. The zero-order valence-electron chi connectivity index (χ0n) is 13.3. The monoisotopic (exact) mass is 345 g/mol. The maximum absolute atomic E-state index is 13.4. The van der Waals surface area contributed by atoms with Gasteiger partial charge in [0.25, 0.3) is 0 Å². The Balaban J connectivity index is 1.88. The number of benzene rings is 2. The van der Waals surface area contributed by atoms with Crippen molar-refractivity contribution >= 4 is 23.7 Å². The Hall–Kier alpha value is -3.42. The molecule has 0 aliphatic heterocycles. The number of phenolic OH excluding ortho intramolecular Hbond substituents is 1. The van der Waals surface area contributed by atoms with Gasteiger partial charge in [-0.2, -0.15) is 5.10 Å². The smallest absolute Gasteiger partial charge is 0.249 e. The Morgan fingerprint density at radius 3 is 2.68 bits per heavy atom. The van der Waals surface area contributed by atoms with Crippen LogP contribution in [0.1, 0.15) is 12.0 Å². The summed E-state index contributed by atoms with van der Waals surface area (Å²) in [7, 11) is 1.41. The van der Waals surface area contributed by atoms with Gasteiger partial charge in [-0.15, -0.1) is 0 Å². The van der Waals surface area contributed by atoms with Crippen molar-refractivity contribution in [1.29, 1.82) is 0 Å². The van der Waals surface area contributed by atoms with E-state index in [-0.39, 0.29) is 17.2 Å². The number of ether oxygens (including phenoxy) is 1. The maximum atomic E-state index is 13.4. The van der Waals surface area contributed by atoms with E-state index in [2.05, 4.69) is 15.8 Å². The highest BCUT2D eigenvalue weighted by Gasteiger charge is 2.11. The number of anilines is 1. The molecule has 130 valence electrons. The zero-order valence-corrected chi connectivity index (χ0v) is 13.3. The first-order valence-corrected chi connectivity index (χ1v) is 7.23. The van der Waals surface area contributed by atoms with Crippen molar-refractivity contribution in [2.24, 2.45) is 5.10 Å². The van der Waals surface area contributed by atoms with Crippen LogP contribution < -0.4 is 15.5 Å². The Labute approximate surface area is 143 Å². The lowest BCUT2D eigenvalue weighted by atomic mass is 10.2. The van der Waals surface area contributed by atoms with Crippen LogP contribution in [0.4, 0.5) is 10.1 Å². The average Bonchev–Trinajstić information content (AvgIpc) is 2.58. The number of aromatic hydroxyl groups is 1. The second kappa shape index (κ2) is 8.44. The average molecular weight is 345 g/mol. The number of phenols is 1. The van der Waals surface area contributed by atoms with E-state index < -0.39 is 24.1 Å². The van der Waals surface area contributed by atoms with Crippen molar-refractivity contribution in [2.45, 2.75) is 6.42 Å². The molecule has 0 saturated heterocycles. The van der Waals surface area contributed by atoms with Gasteiger partial charge in [-0.25, -0.2) is 9.82 Å². The number of nitrogens with zero attached hydrogens (tertiary/aromatic N) is 1. The quantitative estimate of drug-likeness (QED) is 0.424. The summed E-state index contributed by atoms with van der Waals surface area (Å²) < 4.78 is 18.4. The largest absolute Gasteiger partial charge is 0.504 e. The molecule has 25 heavy (non-hydrogen) atoms. The first kappa shape index (κ1) is 17.9. The SMILES string of the molecule is COc1cccc(C=NNC(=O)CC(=O)Nc2ccccc2F)c1O. The van der Waals surface area contributed by atoms with Crippen LogP contribution in [-0.4, -0.2) is 30.2 Å². The molecular weight excluding hydrogens is 329 g/mol. The highest BCUT2D eigenvalue weighted by molar-refractivity contribution is 6.03. The highest BCUT2D eigenvalue weighted by Crippen LogP contribution is 2.27. The molecule has 2 aromatic carbocycles. The molecule has 8 heteroatoms. The minimum atomic E-state index is -0.688. The third-order valence-corrected chi connectivity index (χ3v) is 3.11. The van der Waals surface area contributed by atoms with Gasteiger partial charge in [0.1, 0.15) is 12.2 Å². The molecule has 2 rings (SSSR count). The van der Waals surface area contributed by atoms with E-state index in [1.807, 2.05) is 0 Å². The van der Waals surface area contributed by atoms with Crippen LogP contribution in [-0.2, 0) is 9.59 Å². The van der Waals surface area contributed by atoms with Gasteiger partial charge in [-0.05, 0) is 24.3 Å². The van der Waals surface area contributed by atoms with Crippen molar-refractivity contribution < 1.29 is 23.8 Å². The van der Waals surface area contributed by atoms with Crippen LogP contribution in [0.15, 0.2) is 47.6 Å². The summed E-state index contributed by atoms with van der Waals surface area (Å²) in [5.74, 6) is -1.82. The highest BCUT2D eigenvalue weighted by atomic mass is 19.1. The number of carbonyl (C=O) groups is 2. The Bertz CT molecular complexity index is 808. The van der Waals surface area contributed by atoms with Gasteiger partial charge in [0.15, 0.2) is 11.5 Å². The molecule has 2 aromatic rings. The van der Waals surface area contributed by atoms with Crippen molar-refractivity contribution in [1.82, 2.24) is 5.43 Å². The topological polar surface area (TPSA) is 100 Å². The lowest BCUT2D eigenvalue weighted by molar-refractivity contribution is -0.126. The summed E-state index contributed by atoms with van der Waals surface area (Å²) in [5, 5.41) is 15.8. The van der Waals surface area contributed by atoms with Gasteiger partial charge in [-0.1, -0.05) is 18.2 Å². The van der Waals surface area contributed by atoms with Crippen molar-refractivity contribution in [2.75, 3.05) is 12.4 Å². The number of para-hydroxylation sites is 2. The van der Waals surface area contributed by atoms with E-state index in [1.165, 1.54) is 31.5 Å². The maximum Gasteiger partial charge on any atom is 0.249 e. The summed E-state index contributed by atoms with van der Waals surface area (Å²) in [4.78, 5) is 23.4. The summed E-state index contributed by atoms with van der Waals surface area (Å²) in [5.41, 5.74) is 2.47. The third kappa shape index (κ3) is 5.03. The predicted octanol–water partition coefficient (Wildman–Crippen LogP) is 2.02. The van der Waals surface area contributed by atoms with Crippen LogP contribution in [0, 0.1) is 5.82 Å². The summed E-state index contributed by atoms with van der Waals surface area (Å²) in [6.07, 6.45) is 0.681. The molecule has 0 saturated carbocycles. The molecule has 0 heterocycles. The number of amides is 2. The minimum Gasteiger partial charge on any atom is -0.504 e. The van der Waals surface area contributed by atoms with E-state index in [1.54, 1.807) is 24.3 Å².